The number of carbonyl (C=O) groups is 1. The van der Waals surface area contributed by atoms with Gasteiger partial charge in [0.2, 0.25) is 10.0 Å². The van der Waals surface area contributed by atoms with E-state index in [1.165, 1.54) is 0 Å². The van der Waals surface area contributed by atoms with E-state index < -0.39 is 27.2 Å². The van der Waals surface area contributed by atoms with E-state index in [0.29, 0.717) is 12.8 Å². The average Bonchev–Trinajstić information content (AvgIpc) is 3.05. The van der Waals surface area contributed by atoms with Crippen molar-refractivity contribution in [1.82, 2.24) is 4.31 Å². The van der Waals surface area contributed by atoms with Crippen LogP contribution < -0.4 is 0 Å². The Morgan fingerprint density at radius 3 is 2.83 bits per heavy atom. The first-order valence-electron chi connectivity index (χ1n) is 7.24. The van der Waals surface area contributed by atoms with Gasteiger partial charge in [-0.05, 0) is 37.0 Å². The highest BCUT2D eigenvalue weighted by atomic mass is 32.2. The summed E-state index contributed by atoms with van der Waals surface area (Å²) in [6, 6.07) is 4.65. The number of carboxylic acid groups (broad SMARTS) is 1. The smallest absolute Gasteiger partial charge is 0.311 e. The van der Waals surface area contributed by atoms with Crippen LogP contribution in [-0.2, 0) is 14.8 Å². The molecule has 0 unspecified atom stereocenters. The Bertz CT molecular complexity index is 817. The van der Waals surface area contributed by atoms with Crippen molar-refractivity contribution < 1.29 is 22.7 Å². The normalized spacial score (nSPS) is 27.6. The zero-order valence-electron chi connectivity index (χ0n) is 12.2. The number of sulfonamides is 1. The number of hydrogen-bond donors (Lipinski definition) is 1. The van der Waals surface area contributed by atoms with E-state index in [1.54, 1.807) is 6.07 Å². The minimum atomic E-state index is -3.95. The number of halogens is 1. The second kappa shape index (κ2) is 5.28. The molecule has 0 radical (unpaired) electrons. The Morgan fingerprint density at radius 2 is 2.22 bits per heavy atom. The van der Waals surface area contributed by atoms with Crippen molar-refractivity contribution in [3.8, 4) is 6.07 Å². The molecule has 0 amide bonds. The lowest BCUT2D eigenvalue weighted by Gasteiger charge is -2.23. The molecule has 1 heterocycles. The van der Waals surface area contributed by atoms with E-state index in [-0.39, 0.29) is 29.5 Å². The van der Waals surface area contributed by atoms with E-state index in [0.717, 1.165) is 28.9 Å². The van der Waals surface area contributed by atoms with Crippen LogP contribution in [0.5, 0.6) is 0 Å². The van der Waals surface area contributed by atoms with Crippen LogP contribution in [-0.4, -0.2) is 36.9 Å². The highest BCUT2D eigenvalue weighted by Gasteiger charge is 2.57. The van der Waals surface area contributed by atoms with Gasteiger partial charge >= 0.3 is 5.97 Å². The molecule has 1 saturated carbocycles. The molecule has 2 aliphatic rings. The van der Waals surface area contributed by atoms with E-state index in [2.05, 4.69) is 0 Å². The van der Waals surface area contributed by atoms with Gasteiger partial charge in [0, 0.05) is 13.1 Å². The summed E-state index contributed by atoms with van der Waals surface area (Å²) in [6.45, 7) is 0.0719. The molecule has 1 N–H and O–H groups in total. The quantitative estimate of drug-likeness (QED) is 0.902. The summed E-state index contributed by atoms with van der Waals surface area (Å²) in [7, 11) is -3.95. The van der Waals surface area contributed by atoms with Gasteiger partial charge in [-0.15, -0.1) is 0 Å². The first-order chi connectivity index (χ1) is 10.8. The Balaban J connectivity index is 1.96. The molecular weight excluding hydrogens is 323 g/mol. The zero-order chi connectivity index (χ0) is 16.8. The SMILES string of the molecule is N#Cc1cc(S(=O)(=O)N2C[C@@H]3CCC[C@@]3(C(=O)O)C2)ccc1F. The molecule has 2 atom stereocenters. The lowest BCUT2D eigenvalue weighted by atomic mass is 9.81. The number of nitriles is 1. The third-order valence-corrected chi connectivity index (χ3v) is 6.77. The van der Waals surface area contributed by atoms with Crippen LogP contribution in [0.15, 0.2) is 23.1 Å². The van der Waals surface area contributed by atoms with Crippen molar-refractivity contribution in [2.75, 3.05) is 13.1 Å². The van der Waals surface area contributed by atoms with Gasteiger partial charge in [-0.3, -0.25) is 4.79 Å². The second-order valence-electron chi connectivity index (χ2n) is 6.10. The molecule has 1 aromatic carbocycles. The molecule has 3 rings (SSSR count). The molecule has 0 aromatic heterocycles. The number of hydrogen-bond acceptors (Lipinski definition) is 4. The number of nitrogens with zero attached hydrogens (tertiary/aromatic N) is 2. The predicted octanol–water partition coefficient (Wildman–Crippen LogP) is 1.57. The minimum Gasteiger partial charge on any atom is -0.481 e. The van der Waals surface area contributed by atoms with E-state index in [1.807, 2.05) is 0 Å². The number of aliphatic carboxylic acids is 1. The van der Waals surface area contributed by atoms with Crippen molar-refractivity contribution >= 4 is 16.0 Å². The maximum Gasteiger partial charge on any atom is 0.311 e. The third-order valence-electron chi connectivity index (χ3n) is 4.96. The highest BCUT2D eigenvalue weighted by molar-refractivity contribution is 7.89. The molecule has 1 saturated heterocycles. The van der Waals surface area contributed by atoms with Gasteiger partial charge in [-0.1, -0.05) is 6.42 Å². The van der Waals surface area contributed by atoms with Gasteiger partial charge in [0.15, 0.2) is 0 Å². The van der Waals surface area contributed by atoms with Gasteiger partial charge in [-0.25, -0.2) is 12.8 Å². The Kier molecular flexibility index (Phi) is 3.65. The van der Waals surface area contributed by atoms with Crippen LogP contribution in [0.3, 0.4) is 0 Å². The van der Waals surface area contributed by atoms with Crippen molar-refractivity contribution in [2.24, 2.45) is 11.3 Å². The van der Waals surface area contributed by atoms with E-state index >= 15 is 0 Å². The van der Waals surface area contributed by atoms with Gasteiger partial charge < -0.3 is 5.11 Å². The molecule has 6 nitrogen and oxygen atoms in total. The average molecular weight is 338 g/mol. The van der Waals surface area contributed by atoms with Crippen LogP contribution in [0.4, 0.5) is 4.39 Å². The third kappa shape index (κ3) is 2.31. The molecule has 122 valence electrons. The molecule has 8 heteroatoms. The van der Waals surface area contributed by atoms with Gasteiger partial charge in [0.25, 0.3) is 0 Å². The van der Waals surface area contributed by atoms with Crippen molar-refractivity contribution in [1.29, 1.82) is 5.26 Å². The lowest BCUT2D eigenvalue weighted by Crippen LogP contribution is -2.37. The van der Waals surface area contributed by atoms with Crippen LogP contribution in [0.25, 0.3) is 0 Å². The number of benzene rings is 1. The van der Waals surface area contributed by atoms with Gasteiger partial charge in [0.1, 0.15) is 11.9 Å². The first-order valence-corrected chi connectivity index (χ1v) is 8.68. The standard InChI is InChI=1S/C15H15FN2O4S/c16-13-4-3-12(6-10(13)7-17)23(21,22)18-8-11-2-1-5-15(11,9-18)14(19)20/h3-4,6,11H,1-2,5,8-9H2,(H,19,20)/t11-,15+/m0/s1. The van der Waals surface area contributed by atoms with Crippen LogP contribution in [0.1, 0.15) is 24.8 Å². The molecule has 2 fully saturated rings. The molecule has 0 bridgehead atoms. The molecular formula is C15H15FN2O4S. The summed E-state index contributed by atoms with van der Waals surface area (Å²) in [6.07, 6.45) is 1.93. The zero-order valence-corrected chi connectivity index (χ0v) is 13.0. The van der Waals surface area contributed by atoms with Gasteiger partial charge in [-0.2, -0.15) is 9.57 Å². The number of carboxylic acids is 1. The van der Waals surface area contributed by atoms with Crippen LogP contribution in [0.2, 0.25) is 0 Å². The predicted molar refractivity (Wildman–Crippen MR) is 77.3 cm³/mol. The van der Waals surface area contributed by atoms with Crippen LogP contribution in [0, 0.1) is 28.5 Å². The first kappa shape index (κ1) is 15.9. The summed E-state index contributed by atoms with van der Waals surface area (Å²) in [5, 5.41) is 18.4. The number of rotatable bonds is 3. The molecule has 23 heavy (non-hydrogen) atoms. The molecule has 1 aromatic rings. The fourth-order valence-corrected chi connectivity index (χ4v) is 5.26. The second-order valence-corrected chi connectivity index (χ2v) is 8.04. The molecule has 1 aliphatic carbocycles. The summed E-state index contributed by atoms with van der Waals surface area (Å²) in [5.74, 6) is -1.95. The summed E-state index contributed by atoms with van der Waals surface area (Å²) < 4.78 is 40.0. The van der Waals surface area contributed by atoms with E-state index in [9.17, 15) is 22.7 Å². The Labute approximate surface area is 133 Å². The largest absolute Gasteiger partial charge is 0.481 e. The Hall–Kier alpha value is -1.98. The van der Waals surface area contributed by atoms with E-state index in [4.69, 9.17) is 5.26 Å². The fraction of sp³-hybridized carbons (Fsp3) is 0.467. The summed E-state index contributed by atoms with van der Waals surface area (Å²) >= 11 is 0. The topological polar surface area (TPSA) is 98.5 Å². The highest BCUT2D eigenvalue weighted by Crippen LogP contribution is 2.50. The lowest BCUT2D eigenvalue weighted by molar-refractivity contribution is -0.149. The molecule has 0 spiro atoms. The van der Waals surface area contributed by atoms with Crippen molar-refractivity contribution in [3.05, 3.63) is 29.6 Å². The summed E-state index contributed by atoms with van der Waals surface area (Å²) in [4.78, 5) is 11.5. The Morgan fingerprint density at radius 1 is 1.48 bits per heavy atom. The summed E-state index contributed by atoms with van der Waals surface area (Å²) in [5.41, 5.74) is -1.37. The monoisotopic (exact) mass is 338 g/mol. The van der Waals surface area contributed by atoms with Gasteiger partial charge in [0.05, 0.1) is 15.9 Å². The minimum absolute atomic E-state index is 0.0748. The van der Waals surface area contributed by atoms with Crippen LogP contribution >= 0.6 is 0 Å². The molecule has 1 aliphatic heterocycles. The van der Waals surface area contributed by atoms with Crippen molar-refractivity contribution in [3.63, 3.8) is 0 Å². The maximum atomic E-state index is 13.4. The van der Waals surface area contributed by atoms with Crippen molar-refractivity contribution in [2.45, 2.75) is 24.2 Å². The number of fused-ring (bicyclic) bond motifs is 1. The maximum absolute atomic E-state index is 13.4. The fourth-order valence-electron chi connectivity index (χ4n) is 3.68.